The molecule has 5 rings (SSSR count). The highest BCUT2D eigenvalue weighted by Crippen LogP contribution is 2.50. The minimum atomic E-state index is -0.207. The van der Waals surface area contributed by atoms with Crippen LogP contribution >= 0.6 is 11.6 Å². The molecule has 160 valence electrons. The first-order chi connectivity index (χ1) is 15.0. The van der Waals surface area contributed by atoms with E-state index in [-0.39, 0.29) is 5.82 Å². The quantitative estimate of drug-likeness (QED) is 0.523. The number of hydrogen-bond donors (Lipinski definition) is 1. The van der Waals surface area contributed by atoms with Gasteiger partial charge in [0, 0.05) is 53.5 Å². The Morgan fingerprint density at radius 2 is 1.87 bits per heavy atom. The van der Waals surface area contributed by atoms with Crippen LogP contribution in [-0.2, 0) is 6.42 Å². The van der Waals surface area contributed by atoms with Crippen LogP contribution in [0.1, 0.15) is 31.2 Å². The van der Waals surface area contributed by atoms with Crippen LogP contribution in [0.2, 0.25) is 5.02 Å². The van der Waals surface area contributed by atoms with Crippen molar-refractivity contribution in [2.24, 2.45) is 5.41 Å². The number of pyridine rings is 1. The lowest BCUT2D eigenvalue weighted by Crippen LogP contribution is -2.53. The van der Waals surface area contributed by atoms with Crippen LogP contribution in [0.3, 0.4) is 0 Å². The van der Waals surface area contributed by atoms with Gasteiger partial charge in [-0.3, -0.25) is 4.98 Å². The average molecular weight is 436 g/mol. The number of anilines is 1. The molecule has 1 saturated heterocycles. The fourth-order valence-electron chi connectivity index (χ4n) is 5.29. The van der Waals surface area contributed by atoms with Crippen molar-refractivity contribution < 1.29 is 4.39 Å². The van der Waals surface area contributed by atoms with E-state index in [0.717, 1.165) is 46.8 Å². The number of aromatic nitrogens is 1. The van der Waals surface area contributed by atoms with Crippen molar-refractivity contribution in [1.29, 1.82) is 0 Å². The summed E-state index contributed by atoms with van der Waals surface area (Å²) in [5.74, 6) is -0.207. The molecule has 3 nitrogen and oxygen atoms in total. The molecule has 0 amide bonds. The molecule has 2 fully saturated rings. The third kappa shape index (κ3) is 4.27. The van der Waals surface area contributed by atoms with E-state index in [0.29, 0.717) is 11.5 Å². The zero-order chi connectivity index (χ0) is 21.4. The molecule has 2 aromatic carbocycles. The predicted octanol–water partition coefficient (Wildman–Crippen LogP) is 6.12. The van der Waals surface area contributed by atoms with Gasteiger partial charge in [0.05, 0.1) is 5.52 Å². The first-order valence-corrected chi connectivity index (χ1v) is 11.4. The molecule has 3 aromatic rings. The number of piperidine rings is 1. The Balaban J connectivity index is 1.15. The minimum Gasteiger partial charge on any atom is -0.386 e. The normalized spacial score (nSPS) is 18.2. The lowest BCUT2D eigenvalue weighted by Gasteiger charge is -2.53. The van der Waals surface area contributed by atoms with Crippen LogP contribution in [0.5, 0.6) is 0 Å². The van der Waals surface area contributed by atoms with Crippen LogP contribution in [0.15, 0.2) is 67.0 Å². The Hall–Kier alpha value is -2.59. The van der Waals surface area contributed by atoms with Crippen LogP contribution in [-0.4, -0.2) is 24.1 Å². The van der Waals surface area contributed by atoms with Crippen molar-refractivity contribution in [2.75, 3.05) is 18.0 Å². The van der Waals surface area contributed by atoms with Gasteiger partial charge in [-0.1, -0.05) is 30.3 Å². The molecule has 1 N–H and O–H groups in total. The van der Waals surface area contributed by atoms with Gasteiger partial charge in [0.1, 0.15) is 5.82 Å². The molecule has 1 saturated carbocycles. The Bertz CT molecular complexity index is 1100. The Kier molecular flexibility index (Phi) is 5.35. The van der Waals surface area contributed by atoms with Crippen molar-refractivity contribution in [1.82, 2.24) is 10.3 Å². The van der Waals surface area contributed by atoms with E-state index in [1.165, 1.54) is 37.3 Å². The number of hydrogen-bond acceptors (Lipinski definition) is 3. The summed E-state index contributed by atoms with van der Waals surface area (Å²) >= 11 is 5.97. The maximum atomic E-state index is 13.8. The molecule has 0 unspecified atom stereocenters. The summed E-state index contributed by atoms with van der Waals surface area (Å²) in [5, 5.41) is 5.30. The highest BCUT2D eigenvalue weighted by molar-refractivity contribution is 6.30. The third-order valence-electron chi connectivity index (χ3n) is 6.94. The van der Waals surface area contributed by atoms with Crippen LogP contribution in [0, 0.1) is 11.2 Å². The average Bonchev–Trinajstić information content (AvgIpc) is 2.74. The fourth-order valence-corrected chi connectivity index (χ4v) is 5.41. The molecular weight excluding hydrogens is 409 g/mol. The number of benzene rings is 2. The summed E-state index contributed by atoms with van der Waals surface area (Å²) in [6, 6.07) is 15.4. The summed E-state index contributed by atoms with van der Waals surface area (Å²) < 4.78 is 13.8. The van der Waals surface area contributed by atoms with Gasteiger partial charge in [-0.15, -0.1) is 0 Å². The molecule has 1 aliphatic heterocycles. The molecule has 0 atom stereocenters. The molecule has 0 bridgehead atoms. The summed E-state index contributed by atoms with van der Waals surface area (Å²) in [4.78, 5) is 6.79. The van der Waals surface area contributed by atoms with Crippen LogP contribution < -0.4 is 10.2 Å². The summed E-state index contributed by atoms with van der Waals surface area (Å²) in [5.41, 5.74) is 4.69. The van der Waals surface area contributed by atoms with E-state index in [2.05, 4.69) is 33.9 Å². The highest BCUT2D eigenvalue weighted by Gasteiger charge is 2.45. The molecular formula is C26H27ClFN3. The van der Waals surface area contributed by atoms with Gasteiger partial charge in [0.25, 0.3) is 0 Å². The van der Waals surface area contributed by atoms with E-state index >= 15 is 0 Å². The second kappa shape index (κ2) is 8.16. The van der Waals surface area contributed by atoms with Gasteiger partial charge in [-0.05, 0) is 73.1 Å². The first-order valence-electron chi connectivity index (χ1n) is 11.0. The van der Waals surface area contributed by atoms with Crippen molar-refractivity contribution in [3.63, 3.8) is 0 Å². The number of nitrogens with zero attached hydrogens (tertiary/aromatic N) is 2. The Morgan fingerprint density at radius 1 is 1.13 bits per heavy atom. The van der Waals surface area contributed by atoms with Crippen LogP contribution in [0.4, 0.5) is 10.1 Å². The molecule has 2 heterocycles. The molecule has 1 aromatic heterocycles. The monoisotopic (exact) mass is 435 g/mol. The minimum absolute atomic E-state index is 0.207. The van der Waals surface area contributed by atoms with Crippen molar-refractivity contribution >= 4 is 28.2 Å². The Labute approximate surface area is 187 Å². The van der Waals surface area contributed by atoms with Gasteiger partial charge in [-0.25, -0.2) is 4.39 Å². The number of halogens is 2. The van der Waals surface area contributed by atoms with E-state index in [4.69, 9.17) is 11.6 Å². The lowest BCUT2D eigenvalue weighted by atomic mass is 9.60. The molecule has 1 aliphatic carbocycles. The number of allylic oxidation sites excluding steroid dienone is 1. The molecule has 2 aliphatic rings. The van der Waals surface area contributed by atoms with E-state index in [9.17, 15) is 4.39 Å². The second-order valence-corrected chi connectivity index (χ2v) is 9.57. The van der Waals surface area contributed by atoms with Crippen LogP contribution in [0.25, 0.3) is 10.9 Å². The van der Waals surface area contributed by atoms with Crippen molar-refractivity contribution in [3.05, 3.63) is 83.4 Å². The lowest BCUT2D eigenvalue weighted by molar-refractivity contribution is 0.0575. The maximum Gasteiger partial charge on any atom is 0.124 e. The predicted molar refractivity (Wildman–Crippen MR) is 126 cm³/mol. The largest absolute Gasteiger partial charge is 0.386 e. The standard InChI is InChI=1S/C26H27ClFN3/c1-18(14-19-2-4-20(27)5-3-19)30-22-16-26(17-22)9-12-31(13-10-26)25-8-11-29-24-7-6-21(28)15-23(24)25/h2-8,11,15,22,30H,1,9-10,12-14,16-17H2. The molecule has 5 heteroatoms. The zero-order valence-electron chi connectivity index (χ0n) is 17.6. The summed E-state index contributed by atoms with van der Waals surface area (Å²) in [7, 11) is 0. The molecule has 0 radical (unpaired) electrons. The van der Waals surface area contributed by atoms with Crippen molar-refractivity contribution in [2.45, 2.75) is 38.1 Å². The topological polar surface area (TPSA) is 28.2 Å². The zero-order valence-corrected chi connectivity index (χ0v) is 18.3. The molecule has 31 heavy (non-hydrogen) atoms. The van der Waals surface area contributed by atoms with E-state index in [1.54, 1.807) is 12.1 Å². The summed E-state index contributed by atoms with van der Waals surface area (Å²) in [6.07, 6.45) is 7.41. The first kappa shape index (κ1) is 20.3. The fraction of sp³-hybridized carbons (Fsp3) is 0.346. The van der Waals surface area contributed by atoms with E-state index < -0.39 is 0 Å². The summed E-state index contributed by atoms with van der Waals surface area (Å²) in [6.45, 7) is 6.24. The van der Waals surface area contributed by atoms with Gasteiger partial charge < -0.3 is 10.2 Å². The van der Waals surface area contributed by atoms with Gasteiger partial charge in [0.2, 0.25) is 0 Å². The smallest absolute Gasteiger partial charge is 0.124 e. The van der Waals surface area contributed by atoms with Gasteiger partial charge >= 0.3 is 0 Å². The Morgan fingerprint density at radius 3 is 2.61 bits per heavy atom. The SMILES string of the molecule is C=C(Cc1ccc(Cl)cc1)NC1CC2(CCN(c3ccnc4ccc(F)cc34)CC2)C1. The van der Waals surface area contributed by atoms with Gasteiger partial charge in [-0.2, -0.15) is 0 Å². The maximum absolute atomic E-state index is 13.8. The van der Waals surface area contributed by atoms with Crippen molar-refractivity contribution in [3.8, 4) is 0 Å². The number of nitrogens with one attached hydrogen (secondary N) is 1. The second-order valence-electron chi connectivity index (χ2n) is 9.13. The van der Waals surface area contributed by atoms with E-state index in [1.807, 2.05) is 24.4 Å². The number of fused-ring (bicyclic) bond motifs is 1. The van der Waals surface area contributed by atoms with Gasteiger partial charge in [0.15, 0.2) is 0 Å². The molecule has 1 spiro atoms. The highest BCUT2D eigenvalue weighted by atomic mass is 35.5. The third-order valence-corrected chi connectivity index (χ3v) is 7.20. The number of rotatable bonds is 5.